The Kier molecular flexibility index (Phi) is 13.2. The molecule has 234 valence electrons. The van der Waals surface area contributed by atoms with E-state index in [1.807, 2.05) is 66.7 Å². The Balaban J connectivity index is 1.50. The van der Waals surface area contributed by atoms with Gasteiger partial charge in [-0.05, 0) is 0 Å². The molecule has 0 amide bonds. The summed E-state index contributed by atoms with van der Waals surface area (Å²) in [6, 6.07) is 41.4. The van der Waals surface area contributed by atoms with Crippen molar-refractivity contribution < 1.29 is 18.9 Å². The number of hydrogen-bond acceptors (Lipinski definition) is 5. The van der Waals surface area contributed by atoms with E-state index in [4.69, 9.17) is 18.9 Å². The van der Waals surface area contributed by atoms with E-state index in [-0.39, 0.29) is 44.3 Å². The summed E-state index contributed by atoms with van der Waals surface area (Å²) in [6.45, 7) is 11.3. The second kappa shape index (κ2) is 18.0. The molecule has 0 N–H and O–H groups in total. The first-order valence-electron chi connectivity index (χ1n) is 15.5. The molecule has 5 rings (SSSR count). The van der Waals surface area contributed by atoms with Crippen molar-refractivity contribution in [2.24, 2.45) is 0 Å². The van der Waals surface area contributed by atoms with E-state index in [9.17, 15) is 0 Å². The van der Waals surface area contributed by atoms with Crippen molar-refractivity contribution in [3.05, 3.63) is 163 Å². The molecule has 1 aliphatic heterocycles. The predicted molar refractivity (Wildman–Crippen MR) is 182 cm³/mol. The van der Waals surface area contributed by atoms with Gasteiger partial charge in [-0.1, -0.05) is 0 Å². The average Bonchev–Trinajstić information content (AvgIpc) is 3.08. The summed E-state index contributed by atoms with van der Waals surface area (Å²) in [5.41, 5.74) is 3.34. The monoisotopic (exact) mass is 669 g/mol. The fraction of sp³-hybridized carbons (Fsp3) is 0.282. The number of nitrogens with zero attached hydrogens (tertiary/aromatic N) is 1. The molecule has 0 radical (unpaired) electrons. The van der Waals surface area contributed by atoms with Crippen LogP contribution in [0.2, 0.25) is 0 Å². The van der Waals surface area contributed by atoms with Gasteiger partial charge in [-0.3, -0.25) is 0 Å². The van der Waals surface area contributed by atoms with E-state index in [1.54, 1.807) is 0 Å². The normalized spacial score (nSPS) is 21.4. The van der Waals surface area contributed by atoms with Crippen LogP contribution in [0.1, 0.15) is 16.7 Å². The molecule has 6 heteroatoms. The Labute approximate surface area is 274 Å². The van der Waals surface area contributed by atoms with Gasteiger partial charge >= 0.3 is 275 Å². The van der Waals surface area contributed by atoms with Crippen molar-refractivity contribution in [1.29, 1.82) is 0 Å². The SMILES string of the molecule is C=CCN(CC=C)[C@@H]1[C@@H](OCc2ccccc2)[C@@H](OCc2ccccc2)[C@@H](COCc2ccccc2)O[C@@H]1[Se]c1ccccc1. The molecule has 1 aliphatic rings. The third kappa shape index (κ3) is 9.83. The summed E-state index contributed by atoms with van der Waals surface area (Å²) < 4.78 is 28.5. The van der Waals surface area contributed by atoms with Crippen molar-refractivity contribution in [3.63, 3.8) is 0 Å². The molecule has 5 atom stereocenters. The summed E-state index contributed by atoms with van der Waals surface area (Å²) in [4.78, 5) is 2.37. The number of benzene rings is 4. The summed E-state index contributed by atoms with van der Waals surface area (Å²) in [6.07, 6.45) is 2.87. The summed E-state index contributed by atoms with van der Waals surface area (Å²) >= 11 is -0.0110. The molecule has 4 aromatic rings. The topological polar surface area (TPSA) is 40.2 Å². The zero-order chi connectivity index (χ0) is 31.1. The van der Waals surface area contributed by atoms with Crippen LogP contribution in [-0.4, -0.2) is 68.9 Å². The van der Waals surface area contributed by atoms with Crippen molar-refractivity contribution >= 4 is 19.4 Å². The van der Waals surface area contributed by atoms with E-state index >= 15 is 0 Å². The van der Waals surface area contributed by atoms with Crippen LogP contribution >= 0.6 is 0 Å². The molecule has 0 aliphatic carbocycles. The third-order valence-corrected chi connectivity index (χ3v) is 10.2. The van der Waals surface area contributed by atoms with Crippen LogP contribution in [0.3, 0.4) is 0 Å². The van der Waals surface area contributed by atoms with Crippen molar-refractivity contribution in [1.82, 2.24) is 4.90 Å². The first-order chi connectivity index (χ1) is 22.2. The Bertz CT molecular complexity index is 1400. The van der Waals surface area contributed by atoms with Crippen molar-refractivity contribution in [2.75, 3.05) is 19.7 Å². The average molecular weight is 669 g/mol. The molecule has 0 spiro atoms. The van der Waals surface area contributed by atoms with Gasteiger partial charge in [0.05, 0.1) is 0 Å². The van der Waals surface area contributed by atoms with E-state index in [0.717, 1.165) is 16.7 Å². The molecule has 0 aromatic heterocycles. The van der Waals surface area contributed by atoms with Gasteiger partial charge < -0.3 is 0 Å². The molecule has 45 heavy (non-hydrogen) atoms. The van der Waals surface area contributed by atoms with Crippen LogP contribution in [0.5, 0.6) is 0 Å². The zero-order valence-electron chi connectivity index (χ0n) is 25.7. The Hall–Kier alpha value is -3.32. The Morgan fingerprint density at radius 3 is 1.60 bits per heavy atom. The van der Waals surface area contributed by atoms with Crippen LogP contribution < -0.4 is 4.46 Å². The molecular formula is C39H43NO4Se. The number of hydrogen-bond donors (Lipinski definition) is 0. The molecule has 0 saturated carbocycles. The van der Waals surface area contributed by atoms with Gasteiger partial charge in [-0.2, -0.15) is 0 Å². The Morgan fingerprint density at radius 2 is 1.09 bits per heavy atom. The molecule has 4 aromatic carbocycles. The van der Waals surface area contributed by atoms with Crippen LogP contribution in [0.25, 0.3) is 0 Å². The van der Waals surface area contributed by atoms with Gasteiger partial charge in [-0.15, -0.1) is 0 Å². The maximum absolute atomic E-state index is 7.09. The first kappa shape index (κ1) is 33.1. The molecule has 5 nitrogen and oxygen atoms in total. The van der Waals surface area contributed by atoms with Gasteiger partial charge in [0.1, 0.15) is 0 Å². The van der Waals surface area contributed by atoms with Gasteiger partial charge in [0, 0.05) is 0 Å². The minimum atomic E-state index is -0.380. The summed E-state index contributed by atoms with van der Waals surface area (Å²) in [5.74, 6) is 0. The quantitative estimate of drug-likeness (QED) is 0.0995. The molecule has 1 saturated heterocycles. The molecular weight excluding hydrogens is 625 g/mol. The number of rotatable bonds is 17. The molecule has 0 bridgehead atoms. The third-order valence-electron chi connectivity index (χ3n) is 7.72. The van der Waals surface area contributed by atoms with Crippen LogP contribution in [0, 0.1) is 0 Å². The van der Waals surface area contributed by atoms with E-state index in [1.165, 1.54) is 4.46 Å². The minimum absolute atomic E-state index is 0.0110. The van der Waals surface area contributed by atoms with Gasteiger partial charge in [0.15, 0.2) is 0 Å². The molecule has 0 unspecified atom stereocenters. The summed E-state index contributed by atoms with van der Waals surface area (Å²) in [7, 11) is 0. The fourth-order valence-electron chi connectivity index (χ4n) is 5.58. The first-order valence-corrected chi connectivity index (χ1v) is 17.4. The predicted octanol–water partition coefficient (Wildman–Crippen LogP) is 6.17. The number of ether oxygens (including phenoxy) is 4. The Morgan fingerprint density at radius 1 is 0.622 bits per heavy atom. The van der Waals surface area contributed by atoms with E-state index in [2.05, 4.69) is 84.8 Å². The second-order valence-electron chi connectivity index (χ2n) is 11.0. The summed E-state index contributed by atoms with van der Waals surface area (Å²) in [5, 5.41) is -0.123. The van der Waals surface area contributed by atoms with Gasteiger partial charge in [-0.25, -0.2) is 0 Å². The van der Waals surface area contributed by atoms with Crippen molar-refractivity contribution in [3.8, 4) is 0 Å². The van der Waals surface area contributed by atoms with Crippen molar-refractivity contribution in [2.45, 2.75) is 49.2 Å². The maximum atomic E-state index is 7.09. The van der Waals surface area contributed by atoms with Crippen LogP contribution in [0.15, 0.2) is 147 Å². The van der Waals surface area contributed by atoms with Crippen LogP contribution in [-0.2, 0) is 38.8 Å². The molecule has 1 heterocycles. The van der Waals surface area contributed by atoms with E-state index in [0.29, 0.717) is 39.5 Å². The van der Waals surface area contributed by atoms with E-state index < -0.39 is 0 Å². The second-order valence-corrected chi connectivity index (χ2v) is 13.5. The molecule has 1 fully saturated rings. The van der Waals surface area contributed by atoms with Crippen LogP contribution in [0.4, 0.5) is 0 Å². The standard InChI is InChI=1S/C39H43NO4Se/c1-3-25-40(26-4-2)36-38(43-29-33-21-13-7-14-22-33)37(42-28-32-19-11-6-12-20-32)35(30-41-27-31-17-9-5-10-18-31)44-39(36)45-34-23-15-8-16-24-34/h3-24,35-39H,1-2,25-30H2/t35-,36-,37+,38-,39-/m1/s1. The van der Waals surface area contributed by atoms with Gasteiger partial charge in [0.2, 0.25) is 0 Å². The zero-order valence-corrected chi connectivity index (χ0v) is 27.4. The van der Waals surface area contributed by atoms with Gasteiger partial charge in [0.25, 0.3) is 0 Å². The fourth-order valence-corrected chi connectivity index (χ4v) is 8.20.